The van der Waals surface area contributed by atoms with Gasteiger partial charge < -0.3 is 10.0 Å². The van der Waals surface area contributed by atoms with Crippen LogP contribution in [-0.2, 0) is 11.0 Å². The first-order valence-corrected chi connectivity index (χ1v) is 5.37. The Morgan fingerprint density at radius 3 is 2.32 bits per heavy atom. The van der Waals surface area contributed by atoms with E-state index in [1.54, 1.807) is 0 Å². The number of hydrogen-bond donors (Lipinski definition) is 1. The number of aliphatic carboxylic acids is 1. The van der Waals surface area contributed by atoms with Crippen LogP contribution in [0.15, 0.2) is 18.2 Å². The van der Waals surface area contributed by atoms with E-state index in [1.807, 2.05) is 0 Å². The third-order valence-corrected chi connectivity index (χ3v) is 2.62. The molecule has 19 heavy (non-hydrogen) atoms. The molecule has 0 fully saturated rings. The van der Waals surface area contributed by atoms with Crippen molar-refractivity contribution in [2.45, 2.75) is 18.6 Å². The molecule has 1 aromatic carbocycles. The normalized spacial score (nSPS) is 13.6. The highest BCUT2D eigenvalue weighted by molar-refractivity contribution is 5.68. The first-order valence-electron chi connectivity index (χ1n) is 5.37. The standard InChI is InChI=1S/C12H13F4NO2/c1-17(2)10(6-11(18)19)7-3-8(12(14,15)16)5-9(13)4-7/h3-5,10H,6H2,1-2H3,(H,18,19). The van der Waals surface area contributed by atoms with Gasteiger partial charge in [-0.15, -0.1) is 0 Å². The summed E-state index contributed by atoms with van der Waals surface area (Å²) < 4.78 is 51.0. The highest BCUT2D eigenvalue weighted by Crippen LogP contribution is 2.33. The lowest BCUT2D eigenvalue weighted by atomic mass is 10.00. The van der Waals surface area contributed by atoms with Crippen molar-refractivity contribution in [2.24, 2.45) is 0 Å². The predicted octanol–water partition coefficient (Wildman–Crippen LogP) is 2.92. The lowest BCUT2D eigenvalue weighted by Gasteiger charge is -2.24. The fraction of sp³-hybridized carbons (Fsp3) is 0.417. The minimum absolute atomic E-state index is 0.0141. The summed E-state index contributed by atoms with van der Waals surface area (Å²) in [5.41, 5.74) is -1.14. The van der Waals surface area contributed by atoms with Crippen molar-refractivity contribution in [1.29, 1.82) is 0 Å². The summed E-state index contributed by atoms with van der Waals surface area (Å²) in [6.07, 6.45) is -5.08. The molecule has 1 atom stereocenters. The van der Waals surface area contributed by atoms with Crippen LogP contribution < -0.4 is 0 Å². The molecular formula is C12H13F4NO2. The number of halogens is 4. The third kappa shape index (κ3) is 4.20. The first-order chi connectivity index (χ1) is 8.61. The van der Waals surface area contributed by atoms with Crippen LogP contribution in [0.2, 0.25) is 0 Å². The van der Waals surface area contributed by atoms with Gasteiger partial charge in [-0.05, 0) is 37.9 Å². The Hall–Kier alpha value is -1.63. The van der Waals surface area contributed by atoms with Gasteiger partial charge in [-0.2, -0.15) is 13.2 Å². The maximum atomic E-state index is 13.3. The van der Waals surface area contributed by atoms with E-state index in [0.29, 0.717) is 6.07 Å². The molecule has 3 nitrogen and oxygen atoms in total. The van der Waals surface area contributed by atoms with Crippen molar-refractivity contribution >= 4 is 5.97 Å². The zero-order valence-electron chi connectivity index (χ0n) is 10.3. The zero-order valence-corrected chi connectivity index (χ0v) is 10.3. The average molecular weight is 279 g/mol. The van der Waals surface area contributed by atoms with Crippen LogP contribution in [0.25, 0.3) is 0 Å². The van der Waals surface area contributed by atoms with Crippen LogP contribution in [0.3, 0.4) is 0 Å². The summed E-state index contributed by atoms with van der Waals surface area (Å²) in [6, 6.07) is 1.26. The highest BCUT2D eigenvalue weighted by atomic mass is 19.4. The lowest BCUT2D eigenvalue weighted by Crippen LogP contribution is -2.23. The van der Waals surface area contributed by atoms with Crippen molar-refractivity contribution in [1.82, 2.24) is 4.90 Å². The smallest absolute Gasteiger partial charge is 0.416 e. The Kier molecular flexibility index (Phi) is 4.52. The number of carbonyl (C=O) groups is 1. The van der Waals surface area contributed by atoms with E-state index in [0.717, 1.165) is 12.1 Å². The fourth-order valence-corrected chi connectivity index (χ4v) is 1.73. The minimum atomic E-state index is -4.67. The number of hydrogen-bond acceptors (Lipinski definition) is 2. The SMILES string of the molecule is CN(C)C(CC(=O)O)c1cc(F)cc(C(F)(F)F)c1. The third-order valence-electron chi connectivity index (χ3n) is 2.62. The number of carboxylic acids is 1. The second-order valence-electron chi connectivity index (χ2n) is 4.35. The number of benzene rings is 1. The monoisotopic (exact) mass is 279 g/mol. The molecular weight excluding hydrogens is 266 g/mol. The second-order valence-corrected chi connectivity index (χ2v) is 4.35. The molecule has 1 aromatic rings. The number of carboxylic acid groups (broad SMARTS) is 1. The van der Waals surface area contributed by atoms with E-state index in [9.17, 15) is 22.4 Å². The Morgan fingerprint density at radius 1 is 1.32 bits per heavy atom. The van der Waals surface area contributed by atoms with Gasteiger partial charge in [0.2, 0.25) is 0 Å². The van der Waals surface area contributed by atoms with Crippen LogP contribution >= 0.6 is 0 Å². The summed E-state index contributed by atoms with van der Waals surface area (Å²) in [4.78, 5) is 12.1. The molecule has 0 aliphatic heterocycles. The largest absolute Gasteiger partial charge is 0.481 e. The Morgan fingerprint density at radius 2 is 1.89 bits per heavy atom. The van der Waals surface area contributed by atoms with Crippen LogP contribution in [0.4, 0.5) is 17.6 Å². The summed E-state index contributed by atoms with van der Waals surface area (Å²) in [7, 11) is 3.04. The van der Waals surface area contributed by atoms with E-state index in [1.165, 1.54) is 19.0 Å². The molecule has 0 spiro atoms. The molecule has 0 bridgehead atoms. The van der Waals surface area contributed by atoms with Crippen LogP contribution in [0, 0.1) is 5.82 Å². The van der Waals surface area contributed by atoms with Gasteiger partial charge in [0.15, 0.2) is 0 Å². The van der Waals surface area contributed by atoms with E-state index >= 15 is 0 Å². The molecule has 1 N–H and O–H groups in total. The molecule has 0 radical (unpaired) electrons. The summed E-state index contributed by atoms with van der Waals surface area (Å²) in [5.74, 6) is -2.21. The van der Waals surface area contributed by atoms with E-state index in [2.05, 4.69) is 0 Å². The highest BCUT2D eigenvalue weighted by Gasteiger charge is 2.32. The molecule has 1 rings (SSSR count). The molecule has 0 aliphatic carbocycles. The Labute approximate surface area is 107 Å². The number of nitrogens with zero attached hydrogens (tertiary/aromatic N) is 1. The van der Waals surface area contributed by atoms with Crippen molar-refractivity contribution in [2.75, 3.05) is 14.1 Å². The van der Waals surface area contributed by atoms with E-state index < -0.39 is 36.0 Å². The van der Waals surface area contributed by atoms with Crippen molar-refractivity contribution < 1.29 is 27.5 Å². The van der Waals surface area contributed by atoms with Crippen LogP contribution in [-0.4, -0.2) is 30.1 Å². The molecule has 0 amide bonds. The molecule has 0 aromatic heterocycles. The molecule has 0 heterocycles. The molecule has 0 saturated carbocycles. The van der Waals surface area contributed by atoms with Crippen molar-refractivity contribution in [3.63, 3.8) is 0 Å². The minimum Gasteiger partial charge on any atom is -0.481 e. The average Bonchev–Trinajstić information content (AvgIpc) is 2.23. The molecule has 0 saturated heterocycles. The summed E-state index contributed by atoms with van der Waals surface area (Å²) in [5, 5.41) is 8.75. The maximum Gasteiger partial charge on any atom is 0.416 e. The first kappa shape index (κ1) is 15.4. The van der Waals surface area contributed by atoms with Crippen molar-refractivity contribution in [3.8, 4) is 0 Å². The lowest BCUT2D eigenvalue weighted by molar-refractivity contribution is -0.138. The predicted molar refractivity (Wildman–Crippen MR) is 60.1 cm³/mol. The number of rotatable bonds is 4. The van der Waals surface area contributed by atoms with Gasteiger partial charge in [0.1, 0.15) is 5.82 Å². The zero-order chi connectivity index (χ0) is 14.8. The number of alkyl halides is 3. The van der Waals surface area contributed by atoms with Gasteiger partial charge in [0.25, 0.3) is 0 Å². The Bertz CT molecular complexity index is 471. The van der Waals surface area contributed by atoms with Crippen LogP contribution in [0.1, 0.15) is 23.6 Å². The van der Waals surface area contributed by atoms with Gasteiger partial charge in [-0.1, -0.05) is 0 Å². The Balaban J connectivity index is 3.24. The van der Waals surface area contributed by atoms with Crippen LogP contribution in [0.5, 0.6) is 0 Å². The molecule has 1 unspecified atom stereocenters. The maximum absolute atomic E-state index is 13.3. The van der Waals surface area contributed by atoms with Gasteiger partial charge in [-0.3, -0.25) is 4.79 Å². The van der Waals surface area contributed by atoms with Crippen molar-refractivity contribution in [3.05, 3.63) is 35.1 Å². The molecule has 7 heteroatoms. The van der Waals surface area contributed by atoms with Gasteiger partial charge in [0, 0.05) is 6.04 Å². The molecule has 0 aliphatic rings. The van der Waals surface area contributed by atoms with Gasteiger partial charge >= 0.3 is 12.1 Å². The summed E-state index contributed by atoms with van der Waals surface area (Å²) in [6.45, 7) is 0. The van der Waals surface area contributed by atoms with E-state index in [4.69, 9.17) is 5.11 Å². The second kappa shape index (κ2) is 5.56. The quantitative estimate of drug-likeness (QED) is 0.861. The summed E-state index contributed by atoms with van der Waals surface area (Å²) >= 11 is 0. The van der Waals surface area contributed by atoms with E-state index in [-0.39, 0.29) is 5.56 Å². The van der Waals surface area contributed by atoms with Gasteiger partial charge in [-0.25, -0.2) is 4.39 Å². The topological polar surface area (TPSA) is 40.5 Å². The van der Waals surface area contributed by atoms with Gasteiger partial charge in [0.05, 0.1) is 12.0 Å². The fourth-order valence-electron chi connectivity index (χ4n) is 1.73. The molecule has 106 valence electrons.